The van der Waals surface area contributed by atoms with E-state index in [0.717, 1.165) is 27.9 Å². The Bertz CT molecular complexity index is 894. The van der Waals surface area contributed by atoms with Crippen LogP contribution in [0, 0.1) is 0 Å². The summed E-state index contributed by atoms with van der Waals surface area (Å²) in [5.41, 5.74) is 0.999. The molecule has 156 valence electrons. The molecule has 28 heavy (non-hydrogen) atoms. The number of anilines is 1. The molecule has 0 radical (unpaired) electrons. The minimum atomic E-state index is -3.06. The lowest BCUT2D eigenvalue weighted by Crippen LogP contribution is -2.57. The van der Waals surface area contributed by atoms with Crippen LogP contribution in [0.3, 0.4) is 0 Å². The Hall–Kier alpha value is -1.14. The average molecular weight is 537 g/mol. The number of halogens is 1. The molecule has 1 saturated heterocycles. The molecule has 0 bridgehead atoms. The predicted molar refractivity (Wildman–Crippen MR) is 129 cm³/mol. The zero-order valence-corrected chi connectivity index (χ0v) is 20.4. The van der Waals surface area contributed by atoms with Gasteiger partial charge in [-0.25, -0.2) is 13.4 Å². The third-order valence-corrected chi connectivity index (χ3v) is 8.15. The maximum Gasteiger partial charge on any atom is 0.194 e. The second-order valence-electron chi connectivity index (χ2n) is 7.15. The summed E-state index contributed by atoms with van der Waals surface area (Å²) in [4.78, 5) is 11.3. The van der Waals surface area contributed by atoms with Gasteiger partial charge in [-0.05, 0) is 32.9 Å². The number of nitrogens with one attached hydrogen (secondary N) is 2. The molecule has 2 aromatic rings. The number of guanidine groups is 1. The van der Waals surface area contributed by atoms with Gasteiger partial charge >= 0.3 is 0 Å². The Kier molecular flexibility index (Phi) is 7.91. The van der Waals surface area contributed by atoms with Crippen molar-refractivity contribution in [1.82, 2.24) is 15.2 Å². The average Bonchev–Trinajstić information content (AvgIpc) is 3.03. The summed E-state index contributed by atoms with van der Waals surface area (Å²) in [7, 11) is -3.06. The molecule has 7 nitrogen and oxygen atoms in total. The van der Waals surface area contributed by atoms with Crippen molar-refractivity contribution in [2.24, 2.45) is 4.99 Å². The highest BCUT2D eigenvalue weighted by Gasteiger charge is 2.40. The largest absolute Gasteiger partial charge is 0.360 e. The van der Waals surface area contributed by atoms with E-state index in [9.17, 15) is 8.42 Å². The van der Waals surface area contributed by atoms with E-state index in [1.807, 2.05) is 30.0 Å². The summed E-state index contributed by atoms with van der Waals surface area (Å²) in [5.74, 6) is 0.931. The van der Waals surface area contributed by atoms with Crippen LogP contribution in [0.4, 0.5) is 5.13 Å². The molecule has 0 saturated carbocycles. The van der Waals surface area contributed by atoms with Crippen LogP contribution in [-0.2, 0) is 9.84 Å². The van der Waals surface area contributed by atoms with E-state index in [2.05, 4.69) is 26.7 Å². The van der Waals surface area contributed by atoms with Crippen molar-refractivity contribution >= 4 is 66.5 Å². The summed E-state index contributed by atoms with van der Waals surface area (Å²) in [5, 5.41) is 7.49. The number of hydrogen-bond acceptors (Lipinski definition) is 6. The molecule has 0 atom stereocenters. The van der Waals surface area contributed by atoms with Crippen molar-refractivity contribution in [1.29, 1.82) is 0 Å². The van der Waals surface area contributed by atoms with Crippen LogP contribution in [0.15, 0.2) is 29.3 Å². The first-order valence-corrected chi connectivity index (χ1v) is 11.6. The summed E-state index contributed by atoms with van der Waals surface area (Å²) in [6.07, 6.45) is 0. The molecule has 2 N–H and O–H groups in total. The van der Waals surface area contributed by atoms with Gasteiger partial charge in [0.15, 0.2) is 20.9 Å². The standard InChI is InChI=1S/C18H27N5O2S2.HI/c1-4-19-16(23-11-12-27(24,25)18(2,3)13-23)20-9-10-21-17-22-14-7-5-6-8-15(14)26-17;/h5-8H,4,9-13H2,1-3H3,(H,19,20)(H,21,22);1H. The van der Waals surface area contributed by atoms with E-state index in [-0.39, 0.29) is 29.7 Å². The fourth-order valence-electron chi connectivity index (χ4n) is 3.02. The van der Waals surface area contributed by atoms with Gasteiger partial charge in [0.1, 0.15) is 0 Å². The Labute approximate surface area is 188 Å². The quantitative estimate of drug-likeness (QED) is 0.264. The zero-order chi connectivity index (χ0) is 19.5. The van der Waals surface area contributed by atoms with Crippen molar-refractivity contribution in [3.05, 3.63) is 24.3 Å². The minimum Gasteiger partial charge on any atom is -0.360 e. The normalized spacial score (nSPS) is 18.5. The van der Waals surface area contributed by atoms with Gasteiger partial charge in [-0.15, -0.1) is 24.0 Å². The Morgan fingerprint density at radius 2 is 2.11 bits per heavy atom. The Balaban J connectivity index is 0.00000280. The van der Waals surface area contributed by atoms with Crippen molar-refractivity contribution in [3.8, 4) is 0 Å². The van der Waals surface area contributed by atoms with Crippen LogP contribution >= 0.6 is 35.3 Å². The molecule has 2 heterocycles. The summed E-state index contributed by atoms with van der Waals surface area (Å²) < 4.78 is 24.8. The molecule has 1 aromatic heterocycles. The predicted octanol–water partition coefficient (Wildman–Crippen LogP) is 2.80. The molecule has 1 aliphatic rings. The molecule has 0 amide bonds. The van der Waals surface area contributed by atoms with E-state index in [1.54, 1.807) is 25.2 Å². The van der Waals surface area contributed by atoms with E-state index in [1.165, 1.54) is 0 Å². The molecule has 3 rings (SSSR count). The van der Waals surface area contributed by atoms with Gasteiger partial charge in [-0.1, -0.05) is 23.5 Å². The molecular weight excluding hydrogens is 509 g/mol. The molecule has 1 aliphatic heterocycles. The Morgan fingerprint density at radius 1 is 1.36 bits per heavy atom. The number of para-hydroxylation sites is 1. The topological polar surface area (TPSA) is 86.7 Å². The lowest BCUT2D eigenvalue weighted by atomic mass is 10.2. The lowest BCUT2D eigenvalue weighted by Gasteiger charge is -2.39. The van der Waals surface area contributed by atoms with Crippen molar-refractivity contribution in [2.75, 3.05) is 43.8 Å². The lowest BCUT2D eigenvalue weighted by molar-refractivity contribution is 0.353. The first kappa shape index (κ1) is 23.1. The van der Waals surface area contributed by atoms with E-state index in [0.29, 0.717) is 26.2 Å². The number of benzene rings is 1. The van der Waals surface area contributed by atoms with Gasteiger partial charge in [-0.3, -0.25) is 4.99 Å². The van der Waals surface area contributed by atoms with Crippen LogP contribution in [0.5, 0.6) is 0 Å². The number of fused-ring (bicyclic) bond motifs is 1. The van der Waals surface area contributed by atoms with Gasteiger partial charge in [0, 0.05) is 26.2 Å². The molecule has 1 aromatic carbocycles. The van der Waals surface area contributed by atoms with Crippen LogP contribution < -0.4 is 10.6 Å². The monoisotopic (exact) mass is 537 g/mol. The number of rotatable bonds is 5. The van der Waals surface area contributed by atoms with Crippen molar-refractivity contribution < 1.29 is 8.42 Å². The minimum absolute atomic E-state index is 0. The van der Waals surface area contributed by atoms with Crippen molar-refractivity contribution in [2.45, 2.75) is 25.5 Å². The number of aromatic nitrogens is 1. The maximum atomic E-state index is 12.2. The fourth-order valence-corrected chi connectivity index (χ4v) is 5.28. The van der Waals surface area contributed by atoms with Gasteiger partial charge in [-0.2, -0.15) is 0 Å². The second kappa shape index (κ2) is 9.57. The highest BCUT2D eigenvalue weighted by Crippen LogP contribution is 2.25. The molecule has 10 heteroatoms. The summed E-state index contributed by atoms with van der Waals surface area (Å²) >= 11 is 1.63. The first-order valence-electron chi connectivity index (χ1n) is 9.17. The second-order valence-corrected chi connectivity index (χ2v) is 10.9. The third-order valence-electron chi connectivity index (χ3n) is 4.62. The van der Waals surface area contributed by atoms with Crippen LogP contribution in [0.25, 0.3) is 10.2 Å². The van der Waals surface area contributed by atoms with Crippen LogP contribution in [0.2, 0.25) is 0 Å². The highest BCUT2D eigenvalue weighted by molar-refractivity contribution is 14.0. The molecule has 0 aliphatic carbocycles. The Morgan fingerprint density at radius 3 is 2.79 bits per heavy atom. The smallest absolute Gasteiger partial charge is 0.194 e. The highest BCUT2D eigenvalue weighted by atomic mass is 127. The first-order chi connectivity index (χ1) is 12.8. The van der Waals surface area contributed by atoms with E-state index < -0.39 is 14.6 Å². The van der Waals surface area contributed by atoms with Crippen LogP contribution in [-0.4, -0.2) is 67.5 Å². The number of thiazole rings is 1. The molecule has 0 unspecified atom stereocenters. The van der Waals surface area contributed by atoms with Crippen molar-refractivity contribution in [3.63, 3.8) is 0 Å². The number of aliphatic imine (C=N–C) groups is 1. The van der Waals surface area contributed by atoms with Gasteiger partial charge < -0.3 is 15.5 Å². The van der Waals surface area contributed by atoms with Gasteiger partial charge in [0.2, 0.25) is 0 Å². The summed E-state index contributed by atoms with van der Waals surface area (Å²) in [6, 6.07) is 8.06. The van der Waals surface area contributed by atoms with Gasteiger partial charge in [0.25, 0.3) is 0 Å². The number of nitrogens with zero attached hydrogens (tertiary/aromatic N) is 3. The number of hydrogen-bond donors (Lipinski definition) is 2. The molecule has 1 fully saturated rings. The SMILES string of the molecule is CCNC(=NCCNc1nc2ccccc2s1)N1CCS(=O)(=O)C(C)(C)C1.I. The maximum absolute atomic E-state index is 12.2. The molecular formula is C18H28IN5O2S2. The van der Waals surface area contributed by atoms with Gasteiger partial charge in [0.05, 0.1) is 27.3 Å². The van der Waals surface area contributed by atoms with E-state index in [4.69, 9.17) is 0 Å². The fraction of sp³-hybridized carbons (Fsp3) is 0.556. The zero-order valence-electron chi connectivity index (χ0n) is 16.4. The van der Waals surface area contributed by atoms with E-state index >= 15 is 0 Å². The number of sulfone groups is 1. The van der Waals surface area contributed by atoms with Crippen LogP contribution in [0.1, 0.15) is 20.8 Å². The summed E-state index contributed by atoms with van der Waals surface area (Å²) in [6.45, 7) is 8.51. The third kappa shape index (κ3) is 5.26. The molecule has 0 spiro atoms.